The Morgan fingerprint density at radius 2 is 2.13 bits per heavy atom. The molecule has 0 fully saturated rings. The van der Waals surface area contributed by atoms with E-state index in [0.29, 0.717) is 10.7 Å². The van der Waals surface area contributed by atoms with Gasteiger partial charge in [-0.2, -0.15) is 5.10 Å². The number of aromatic nitrogens is 4. The highest BCUT2D eigenvalue weighted by atomic mass is 32.1. The summed E-state index contributed by atoms with van der Waals surface area (Å²) in [6.45, 7) is 0. The molecule has 0 radical (unpaired) electrons. The van der Waals surface area contributed by atoms with Crippen molar-refractivity contribution in [3.8, 4) is 11.1 Å². The summed E-state index contributed by atoms with van der Waals surface area (Å²) < 4.78 is 0. The third kappa shape index (κ3) is 2.58. The zero-order chi connectivity index (χ0) is 15.6. The molecule has 7 heteroatoms. The molecule has 112 valence electrons. The van der Waals surface area contributed by atoms with Gasteiger partial charge in [0.25, 0.3) is 5.91 Å². The fourth-order valence-electron chi connectivity index (χ4n) is 2.39. The molecule has 0 saturated carbocycles. The summed E-state index contributed by atoms with van der Waals surface area (Å²) in [5.41, 5.74) is 3.54. The van der Waals surface area contributed by atoms with E-state index < -0.39 is 0 Å². The van der Waals surface area contributed by atoms with Crippen molar-refractivity contribution in [1.82, 2.24) is 20.2 Å². The van der Waals surface area contributed by atoms with Crippen LogP contribution in [0.3, 0.4) is 0 Å². The molecule has 6 nitrogen and oxygen atoms in total. The minimum absolute atomic E-state index is 0.215. The highest BCUT2D eigenvalue weighted by Crippen LogP contribution is 2.28. The predicted molar refractivity (Wildman–Crippen MR) is 89.4 cm³/mol. The highest BCUT2D eigenvalue weighted by Gasteiger charge is 2.11. The van der Waals surface area contributed by atoms with Gasteiger partial charge in [-0.3, -0.25) is 14.9 Å². The molecule has 0 saturated heterocycles. The van der Waals surface area contributed by atoms with Crippen molar-refractivity contribution >= 4 is 33.8 Å². The number of nitrogens with zero attached hydrogens (tertiary/aromatic N) is 3. The van der Waals surface area contributed by atoms with Crippen LogP contribution < -0.4 is 5.32 Å². The smallest absolute Gasteiger partial charge is 0.284 e. The summed E-state index contributed by atoms with van der Waals surface area (Å²) in [5.74, 6) is -0.215. The Balaban J connectivity index is 1.75. The quantitative estimate of drug-likeness (QED) is 0.606. The monoisotopic (exact) mass is 321 g/mol. The number of carbonyl (C=O) groups excluding carboxylic acids is 1. The van der Waals surface area contributed by atoms with Crippen molar-refractivity contribution in [2.24, 2.45) is 0 Å². The lowest BCUT2D eigenvalue weighted by Gasteiger charge is -2.07. The molecule has 0 aliphatic carbocycles. The molecule has 1 aromatic carbocycles. The number of amides is 1. The van der Waals surface area contributed by atoms with Crippen LogP contribution in [0, 0.1) is 0 Å². The molecule has 4 aromatic rings. The van der Waals surface area contributed by atoms with Crippen molar-refractivity contribution in [1.29, 1.82) is 0 Å². The molecule has 0 unspecified atom stereocenters. The maximum atomic E-state index is 12.1. The van der Waals surface area contributed by atoms with Crippen LogP contribution >= 0.6 is 11.3 Å². The fraction of sp³-hybridized carbons (Fsp3) is 0. The third-order valence-electron chi connectivity index (χ3n) is 3.44. The Kier molecular flexibility index (Phi) is 3.32. The van der Waals surface area contributed by atoms with Crippen LogP contribution in [-0.4, -0.2) is 26.1 Å². The minimum atomic E-state index is -0.215. The van der Waals surface area contributed by atoms with Gasteiger partial charge in [-0.15, -0.1) is 11.3 Å². The number of benzene rings is 1. The van der Waals surface area contributed by atoms with Crippen molar-refractivity contribution in [3.05, 3.63) is 59.4 Å². The SMILES string of the molecule is O=C(Nc1ccc2nccc(-c3cn[nH]c3)c2c1)c1nccs1. The average Bonchev–Trinajstić information content (AvgIpc) is 3.27. The fourth-order valence-corrected chi connectivity index (χ4v) is 2.92. The first-order valence-corrected chi connectivity index (χ1v) is 7.78. The Bertz CT molecular complexity index is 963. The van der Waals surface area contributed by atoms with Crippen LogP contribution in [0.15, 0.2) is 54.4 Å². The van der Waals surface area contributed by atoms with Gasteiger partial charge in [0.05, 0.1) is 11.7 Å². The lowest BCUT2D eigenvalue weighted by atomic mass is 10.0. The number of aromatic amines is 1. The van der Waals surface area contributed by atoms with E-state index in [2.05, 4.69) is 25.5 Å². The number of H-pyrrole nitrogens is 1. The Morgan fingerprint density at radius 1 is 1.17 bits per heavy atom. The van der Waals surface area contributed by atoms with Crippen molar-refractivity contribution in [3.63, 3.8) is 0 Å². The first kappa shape index (κ1) is 13.6. The second kappa shape index (κ2) is 5.62. The van der Waals surface area contributed by atoms with E-state index in [9.17, 15) is 4.79 Å². The van der Waals surface area contributed by atoms with Gasteiger partial charge < -0.3 is 5.32 Å². The third-order valence-corrected chi connectivity index (χ3v) is 4.21. The number of nitrogens with one attached hydrogen (secondary N) is 2. The molecular weight excluding hydrogens is 310 g/mol. The lowest BCUT2D eigenvalue weighted by Crippen LogP contribution is -2.11. The molecule has 0 spiro atoms. The van der Waals surface area contributed by atoms with Gasteiger partial charge in [0.1, 0.15) is 0 Å². The molecular formula is C16H11N5OS. The molecule has 0 bridgehead atoms. The van der Waals surface area contributed by atoms with Crippen LogP contribution in [0.1, 0.15) is 9.80 Å². The van der Waals surface area contributed by atoms with E-state index in [1.54, 1.807) is 24.0 Å². The molecule has 0 atom stereocenters. The van der Waals surface area contributed by atoms with Crippen LogP contribution in [0.25, 0.3) is 22.0 Å². The summed E-state index contributed by atoms with van der Waals surface area (Å²) in [4.78, 5) is 20.5. The minimum Gasteiger partial charge on any atom is -0.320 e. The van der Waals surface area contributed by atoms with Gasteiger partial charge in [0.2, 0.25) is 0 Å². The Labute approximate surface area is 135 Å². The van der Waals surface area contributed by atoms with Crippen molar-refractivity contribution in [2.75, 3.05) is 5.32 Å². The van der Waals surface area contributed by atoms with E-state index in [0.717, 1.165) is 22.0 Å². The number of anilines is 1. The van der Waals surface area contributed by atoms with E-state index >= 15 is 0 Å². The second-order valence-electron chi connectivity index (χ2n) is 4.87. The summed E-state index contributed by atoms with van der Waals surface area (Å²) in [6.07, 6.45) is 6.96. The highest BCUT2D eigenvalue weighted by molar-refractivity contribution is 7.11. The van der Waals surface area contributed by atoms with Crippen LogP contribution in [0.2, 0.25) is 0 Å². The summed E-state index contributed by atoms with van der Waals surface area (Å²) in [7, 11) is 0. The zero-order valence-electron chi connectivity index (χ0n) is 11.9. The normalized spacial score (nSPS) is 10.8. The molecule has 2 N–H and O–H groups in total. The molecule has 1 amide bonds. The Morgan fingerprint density at radius 3 is 2.91 bits per heavy atom. The number of pyridine rings is 1. The van der Waals surface area contributed by atoms with Gasteiger partial charge in [-0.25, -0.2) is 4.98 Å². The van der Waals surface area contributed by atoms with Crippen molar-refractivity contribution in [2.45, 2.75) is 0 Å². The average molecular weight is 321 g/mol. The zero-order valence-corrected chi connectivity index (χ0v) is 12.7. The maximum absolute atomic E-state index is 12.1. The van der Waals surface area contributed by atoms with E-state index in [4.69, 9.17) is 0 Å². The van der Waals surface area contributed by atoms with E-state index in [-0.39, 0.29) is 5.91 Å². The number of hydrogen-bond acceptors (Lipinski definition) is 5. The number of thiazole rings is 1. The first-order valence-electron chi connectivity index (χ1n) is 6.90. The number of hydrogen-bond donors (Lipinski definition) is 2. The van der Waals surface area contributed by atoms with Crippen LogP contribution in [0.5, 0.6) is 0 Å². The largest absolute Gasteiger partial charge is 0.320 e. The maximum Gasteiger partial charge on any atom is 0.284 e. The van der Waals surface area contributed by atoms with Crippen LogP contribution in [0.4, 0.5) is 5.69 Å². The van der Waals surface area contributed by atoms with E-state index in [1.165, 1.54) is 11.3 Å². The summed E-state index contributed by atoms with van der Waals surface area (Å²) in [5, 5.41) is 12.8. The molecule has 0 aliphatic rings. The van der Waals surface area contributed by atoms with Gasteiger partial charge in [0.15, 0.2) is 5.01 Å². The standard InChI is InChI=1S/C16H11N5OS/c22-15(16-18-5-6-23-16)21-11-1-2-14-13(7-11)12(3-4-17-14)10-8-19-20-9-10/h1-9H,(H,19,20)(H,21,22). The van der Waals surface area contributed by atoms with Gasteiger partial charge in [-0.1, -0.05) is 0 Å². The van der Waals surface area contributed by atoms with Crippen molar-refractivity contribution < 1.29 is 4.79 Å². The molecule has 3 heterocycles. The summed E-state index contributed by atoms with van der Waals surface area (Å²) >= 11 is 1.31. The van der Waals surface area contributed by atoms with Crippen LogP contribution in [-0.2, 0) is 0 Å². The predicted octanol–water partition coefficient (Wildman–Crippen LogP) is 3.33. The molecule has 0 aliphatic heterocycles. The topological polar surface area (TPSA) is 83.6 Å². The number of carbonyl (C=O) groups is 1. The number of rotatable bonds is 3. The molecule has 4 rings (SSSR count). The van der Waals surface area contributed by atoms with Gasteiger partial charge in [0, 0.05) is 40.6 Å². The molecule has 3 aromatic heterocycles. The Hall–Kier alpha value is -3.06. The van der Waals surface area contributed by atoms with Gasteiger partial charge in [-0.05, 0) is 29.8 Å². The van der Waals surface area contributed by atoms with E-state index in [1.807, 2.05) is 30.5 Å². The van der Waals surface area contributed by atoms with Gasteiger partial charge >= 0.3 is 0 Å². The first-order chi connectivity index (χ1) is 11.3. The summed E-state index contributed by atoms with van der Waals surface area (Å²) in [6, 6.07) is 7.56. The molecule has 23 heavy (non-hydrogen) atoms. The second-order valence-corrected chi connectivity index (χ2v) is 5.76. The number of fused-ring (bicyclic) bond motifs is 1. The lowest BCUT2D eigenvalue weighted by molar-refractivity contribution is 0.102.